The number of hydrogen-bond acceptors (Lipinski definition) is 2. The minimum absolute atomic E-state index is 0.0595. The van der Waals surface area contributed by atoms with E-state index in [1.54, 1.807) is 24.3 Å². The van der Waals surface area contributed by atoms with Crippen LogP contribution in [0.25, 0.3) is 6.08 Å². The van der Waals surface area contributed by atoms with Crippen LogP contribution < -0.4 is 5.32 Å². The van der Waals surface area contributed by atoms with Gasteiger partial charge in [-0.3, -0.25) is 0 Å². The minimum Gasteiger partial charge on any atom is -0.357 e. The predicted molar refractivity (Wildman–Crippen MR) is 116 cm³/mol. The number of rotatable bonds is 6. The molecule has 0 amide bonds. The summed E-state index contributed by atoms with van der Waals surface area (Å²) >= 11 is 12.2. The van der Waals surface area contributed by atoms with Gasteiger partial charge in [-0.1, -0.05) is 72.3 Å². The lowest BCUT2D eigenvalue weighted by Gasteiger charge is -2.22. The van der Waals surface area contributed by atoms with Gasteiger partial charge < -0.3 is 5.32 Å². The highest BCUT2D eigenvalue weighted by Gasteiger charge is 2.19. The SMILES string of the molecule is C=C/C=C\c1ccc(C(Nc2ncc(F)cc2F)c2ccc(Cl)c(Cl)c2)cc1C. The van der Waals surface area contributed by atoms with Gasteiger partial charge in [0.05, 0.1) is 22.3 Å². The molecule has 6 heteroatoms. The highest BCUT2D eigenvalue weighted by molar-refractivity contribution is 6.42. The predicted octanol–water partition coefficient (Wildman–Crippen LogP) is 7.38. The first kappa shape index (κ1) is 21.0. The number of anilines is 1. The zero-order valence-corrected chi connectivity index (χ0v) is 17.1. The Morgan fingerprint density at radius 1 is 1.03 bits per heavy atom. The summed E-state index contributed by atoms with van der Waals surface area (Å²) in [5, 5.41) is 3.85. The molecule has 3 rings (SSSR count). The van der Waals surface area contributed by atoms with E-state index in [1.807, 2.05) is 37.3 Å². The fraction of sp³-hybridized carbons (Fsp3) is 0.0870. The van der Waals surface area contributed by atoms with E-state index in [9.17, 15) is 8.78 Å². The molecule has 0 saturated heterocycles. The van der Waals surface area contributed by atoms with Crippen LogP contribution in [-0.2, 0) is 0 Å². The molecule has 1 atom stereocenters. The average Bonchev–Trinajstić information content (AvgIpc) is 2.69. The average molecular weight is 431 g/mol. The number of benzene rings is 2. The second-order valence-electron chi connectivity index (χ2n) is 6.45. The first-order chi connectivity index (χ1) is 13.9. The second-order valence-corrected chi connectivity index (χ2v) is 7.26. The van der Waals surface area contributed by atoms with Crippen molar-refractivity contribution >= 4 is 35.1 Å². The normalized spacial score (nSPS) is 12.2. The zero-order chi connectivity index (χ0) is 21.0. The molecule has 2 nitrogen and oxygen atoms in total. The van der Waals surface area contributed by atoms with Crippen LogP contribution in [0.1, 0.15) is 28.3 Å². The zero-order valence-electron chi connectivity index (χ0n) is 15.6. The molecule has 148 valence electrons. The summed E-state index contributed by atoms with van der Waals surface area (Å²) in [6, 6.07) is 11.4. The summed E-state index contributed by atoms with van der Waals surface area (Å²) in [6.45, 7) is 5.66. The molecule has 0 radical (unpaired) electrons. The topological polar surface area (TPSA) is 24.9 Å². The van der Waals surface area contributed by atoms with Crippen LogP contribution in [0.2, 0.25) is 10.0 Å². The van der Waals surface area contributed by atoms with E-state index in [0.29, 0.717) is 10.0 Å². The van der Waals surface area contributed by atoms with E-state index in [2.05, 4.69) is 16.9 Å². The molecular weight excluding hydrogens is 413 g/mol. The molecule has 1 aromatic heterocycles. The maximum atomic E-state index is 14.2. The van der Waals surface area contributed by atoms with E-state index in [1.165, 1.54) is 0 Å². The molecule has 29 heavy (non-hydrogen) atoms. The van der Waals surface area contributed by atoms with Crippen LogP contribution in [-0.4, -0.2) is 4.98 Å². The lowest BCUT2D eigenvalue weighted by atomic mass is 9.95. The number of allylic oxidation sites excluding steroid dienone is 2. The van der Waals surface area contributed by atoms with E-state index >= 15 is 0 Å². The van der Waals surface area contributed by atoms with E-state index in [0.717, 1.165) is 34.5 Å². The second kappa shape index (κ2) is 9.21. The highest BCUT2D eigenvalue weighted by atomic mass is 35.5. The van der Waals surface area contributed by atoms with Crippen molar-refractivity contribution in [1.29, 1.82) is 0 Å². The van der Waals surface area contributed by atoms with Crippen molar-refractivity contribution in [2.45, 2.75) is 13.0 Å². The van der Waals surface area contributed by atoms with Gasteiger partial charge in [0.15, 0.2) is 11.6 Å². The fourth-order valence-corrected chi connectivity index (χ4v) is 3.25. The lowest BCUT2D eigenvalue weighted by molar-refractivity contribution is 0.574. The fourth-order valence-electron chi connectivity index (χ4n) is 2.95. The Morgan fingerprint density at radius 2 is 1.76 bits per heavy atom. The maximum Gasteiger partial charge on any atom is 0.168 e. The van der Waals surface area contributed by atoms with E-state index in [4.69, 9.17) is 23.2 Å². The molecule has 2 aromatic carbocycles. The molecule has 0 spiro atoms. The number of aromatic nitrogens is 1. The van der Waals surface area contributed by atoms with Crippen molar-refractivity contribution < 1.29 is 8.78 Å². The van der Waals surface area contributed by atoms with Crippen molar-refractivity contribution in [2.24, 2.45) is 0 Å². The van der Waals surface area contributed by atoms with Crippen molar-refractivity contribution in [3.8, 4) is 0 Å². The molecule has 1 unspecified atom stereocenters. The van der Waals surface area contributed by atoms with Gasteiger partial charge in [-0.15, -0.1) is 0 Å². The van der Waals surface area contributed by atoms with Gasteiger partial charge in [-0.2, -0.15) is 0 Å². The van der Waals surface area contributed by atoms with Gasteiger partial charge in [0.2, 0.25) is 0 Å². The molecule has 0 aliphatic carbocycles. The number of nitrogens with one attached hydrogen (secondary N) is 1. The third-order valence-electron chi connectivity index (χ3n) is 4.40. The van der Waals surface area contributed by atoms with Gasteiger partial charge in [0.25, 0.3) is 0 Å². The third kappa shape index (κ3) is 5.03. The summed E-state index contributed by atoms with van der Waals surface area (Å²) in [5.41, 5.74) is 3.69. The first-order valence-corrected chi connectivity index (χ1v) is 9.57. The van der Waals surface area contributed by atoms with Crippen LogP contribution in [0.3, 0.4) is 0 Å². The Balaban J connectivity index is 2.07. The quantitative estimate of drug-likeness (QED) is 0.412. The Labute approximate surface area is 178 Å². The number of halogens is 4. The highest BCUT2D eigenvalue weighted by Crippen LogP contribution is 2.32. The van der Waals surface area contributed by atoms with Crippen LogP contribution in [0.15, 0.2) is 67.4 Å². The molecular formula is C23H18Cl2F2N2. The minimum atomic E-state index is -0.780. The summed E-state index contributed by atoms with van der Waals surface area (Å²) < 4.78 is 27.5. The van der Waals surface area contributed by atoms with Gasteiger partial charge in [-0.05, 0) is 41.3 Å². The van der Waals surface area contributed by atoms with Gasteiger partial charge in [0, 0.05) is 6.07 Å². The van der Waals surface area contributed by atoms with Gasteiger partial charge in [-0.25, -0.2) is 13.8 Å². The molecule has 0 fully saturated rings. The van der Waals surface area contributed by atoms with Crippen molar-refractivity contribution in [3.63, 3.8) is 0 Å². The van der Waals surface area contributed by atoms with Gasteiger partial charge >= 0.3 is 0 Å². The Bertz CT molecular complexity index is 1080. The molecule has 0 bridgehead atoms. The number of nitrogens with zero attached hydrogens (tertiary/aromatic N) is 1. The van der Waals surface area contributed by atoms with Crippen LogP contribution in [0.4, 0.5) is 14.6 Å². The Kier molecular flexibility index (Phi) is 6.68. The van der Waals surface area contributed by atoms with Crippen LogP contribution >= 0.6 is 23.2 Å². The summed E-state index contributed by atoms with van der Waals surface area (Å²) in [7, 11) is 0. The van der Waals surface area contributed by atoms with E-state index in [-0.39, 0.29) is 5.82 Å². The first-order valence-electron chi connectivity index (χ1n) is 8.81. The van der Waals surface area contributed by atoms with Crippen LogP contribution in [0.5, 0.6) is 0 Å². The summed E-state index contributed by atoms with van der Waals surface area (Å²) in [6.07, 6.45) is 6.48. The summed E-state index contributed by atoms with van der Waals surface area (Å²) in [5.74, 6) is -1.58. The molecule has 1 heterocycles. The molecule has 3 aromatic rings. The largest absolute Gasteiger partial charge is 0.357 e. The monoisotopic (exact) mass is 430 g/mol. The molecule has 0 saturated carbocycles. The lowest BCUT2D eigenvalue weighted by Crippen LogP contribution is -2.15. The van der Waals surface area contributed by atoms with Crippen molar-refractivity contribution in [3.05, 3.63) is 111 Å². The summed E-state index contributed by atoms with van der Waals surface area (Å²) in [4.78, 5) is 3.85. The third-order valence-corrected chi connectivity index (χ3v) is 5.14. The number of pyridine rings is 1. The molecule has 0 aliphatic heterocycles. The Morgan fingerprint density at radius 3 is 2.41 bits per heavy atom. The van der Waals surface area contributed by atoms with Crippen molar-refractivity contribution in [2.75, 3.05) is 5.32 Å². The standard InChI is InChI=1S/C23H18Cl2F2N2/c1-3-4-5-15-6-7-16(10-14(15)2)22(17-8-9-19(24)20(25)11-17)29-23-21(27)12-18(26)13-28-23/h3-13,22H,1H2,2H3,(H,28,29)/b5-4-. The number of hydrogen-bond donors (Lipinski definition) is 1. The van der Waals surface area contributed by atoms with E-state index < -0.39 is 17.7 Å². The molecule has 1 N–H and O–H groups in total. The number of aryl methyl sites for hydroxylation is 1. The smallest absolute Gasteiger partial charge is 0.168 e. The molecule has 0 aliphatic rings. The van der Waals surface area contributed by atoms with Gasteiger partial charge in [0.1, 0.15) is 5.82 Å². The van der Waals surface area contributed by atoms with Crippen molar-refractivity contribution in [1.82, 2.24) is 4.98 Å². The Hall–Kier alpha value is -2.69. The maximum absolute atomic E-state index is 14.2. The van der Waals surface area contributed by atoms with Crippen LogP contribution in [0, 0.1) is 18.6 Å².